The van der Waals surface area contributed by atoms with Gasteiger partial charge >= 0.3 is 0 Å². The van der Waals surface area contributed by atoms with E-state index in [1.54, 1.807) is 0 Å². The standard InChI is InChI=1S/C10H13FN2O2/c1-3-7(2)12-9-5-4-8(11)6-10(9)13(14)15/h4-7,12H,3H2,1-2H3. The topological polar surface area (TPSA) is 55.2 Å². The SMILES string of the molecule is CCC(C)Nc1ccc(F)cc1[N+](=O)[O-]. The molecule has 1 aromatic carbocycles. The Morgan fingerprint density at radius 2 is 2.27 bits per heavy atom. The lowest BCUT2D eigenvalue weighted by Gasteiger charge is -2.12. The van der Waals surface area contributed by atoms with Gasteiger partial charge < -0.3 is 5.32 Å². The van der Waals surface area contributed by atoms with E-state index in [-0.39, 0.29) is 11.7 Å². The summed E-state index contributed by atoms with van der Waals surface area (Å²) < 4.78 is 12.8. The van der Waals surface area contributed by atoms with Crippen molar-refractivity contribution in [1.82, 2.24) is 0 Å². The number of nitro groups is 1. The third kappa shape index (κ3) is 2.90. The Balaban J connectivity index is 3.01. The van der Waals surface area contributed by atoms with Crippen molar-refractivity contribution in [2.45, 2.75) is 26.3 Å². The van der Waals surface area contributed by atoms with E-state index in [1.165, 1.54) is 12.1 Å². The molecule has 0 saturated carbocycles. The lowest BCUT2D eigenvalue weighted by molar-refractivity contribution is -0.384. The van der Waals surface area contributed by atoms with E-state index < -0.39 is 10.7 Å². The number of anilines is 1. The van der Waals surface area contributed by atoms with E-state index in [9.17, 15) is 14.5 Å². The first kappa shape index (κ1) is 11.4. The van der Waals surface area contributed by atoms with Gasteiger partial charge in [-0.2, -0.15) is 0 Å². The second-order valence-electron chi connectivity index (χ2n) is 3.37. The highest BCUT2D eigenvalue weighted by Crippen LogP contribution is 2.25. The minimum absolute atomic E-state index is 0.120. The molecule has 1 atom stereocenters. The van der Waals surface area contributed by atoms with E-state index in [0.29, 0.717) is 5.69 Å². The summed E-state index contributed by atoms with van der Waals surface area (Å²) in [5.41, 5.74) is 0.131. The van der Waals surface area contributed by atoms with E-state index in [4.69, 9.17) is 0 Å². The summed E-state index contributed by atoms with van der Waals surface area (Å²) in [6.45, 7) is 3.88. The Morgan fingerprint density at radius 1 is 1.60 bits per heavy atom. The predicted octanol–water partition coefficient (Wildman–Crippen LogP) is 2.94. The monoisotopic (exact) mass is 212 g/mol. The Morgan fingerprint density at radius 3 is 2.80 bits per heavy atom. The largest absolute Gasteiger partial charge is 0.377 e. The van der Waals surface area contributed by atoms with Crippen LogP contribution in [0.1, 0.15) is 20.3 Å². The van der Waals surface area contributed by atoms with Crippen LogP contribution in [0.5, 0.6) is 0 Å². The molecule has 0 saturated heterocycles. The normalized spacial score (nSPS) is 12.2. The van der Waals surface area contributed by atoms with Crippen LogP contribution in [0.3, 0.4) is 0 Å². The zero-order valence-corrected chi connectivity index (χ0v) is 8.66. The van der Waals surface area contributed by atoms with Gasteiger partial charge in [0.1, 0.15) is 11.5 Å². The van der Waals surface area contributed by atoms with E-state index in [1.807, 2.05) is 13.8 Å². The summed E-state index contributed by atoms with van der Waals surface area (Å²) in [5, 5.41) is 13.6. The Labute approximate surface area is 87.3 Å². The van der Waals surface area contributed by atoms with Crippen LogP contribution >= 0.6 is 0 Å². The molecule has 0 aliphatic rings. The fourth-order valence-electron chi connectivity index (χ4n) is 1.15. The van der Waals surface area contributed by atoms with Gasteiger partial charge in [0.25, 0.3) is 5.69 Å². The molecule has 0 aromatic heterocycles. The smallest absolute Gasteiger partial charge is 0.295 e. The fourth-order valence-corrected chi connectivity index (χ4v) is 1.15. The number of nitro benzene ring substituents is 1. The van der Waals surface area contributed by atoms with Gasteiger partial charge in [0, 0.05) is 6.04 Å². The molecule has 15 heavy (non-hydrogen) atoms. The molecule has 1 N–H and O–H groups in total. The van der Waals surface area contributed by atoms with Gasteiger partial charge in [-0.15, -0.1) is 0 Å². The van der Waals surface area contributed by atoms with Gasteiger partial charge in [-0.25, -0.2) is 4.39 Å². The van der Waals surface area contributed by atoms with Crippen molar-refractivity contribution in [1.29, 1.82) is 0 Å². The van der Waals surface area contributed by atoms with Crippen LogP contribution in [0.15, 0.2) is 18.2 Å². The van der Waals surface area contributed by atoms with Gasteiger partial charge in [-0.05, 0) is 25.5 Å². The molecule has 1 aromatic rings. The summed E-state index contributed by atoms with van der Waals surface area (Å²) in [5.74, 6) is -0.601. The minimum atomic E-state index is -0.601. The summed E-state index contributed by atoms with van der Waals surface area (Å²) in [7, 11) is 0. The first-order valence-corrected chi connectivity index (χ1v) is 4.75. The number of benzene rings is 1. The van der Waals surface area contributed by atoms with Crippen molar-refractivity contribution in [3.8, 4) is 0 Å². The maximum absolute atomic E-state index is 12.8. The summed E-state index contributed by atoms with van der Waals surface area (Å²) >= 11 is 0. The molecule has 5 heteroatoms. The molecule has 4 nitrogen and oxygen atoms in total. The van der Waals surface area contributed by atoms with Crippen LogP contribution < -0.4 is 5.32 Å². The minimum Gasteiger partial charge on any atom is -0.377 e. The molecule has 0 spiro atoms. The molecule has 0 fully saturated rings. The van der Waals surface area contributed by atoms with Crippen molar-refractivity contribution in [3.63, 3.8) is 0 Å². The highest BCUT2D eigenvalue weighted by molar-refractivity contribution is 5.61. The maximum Gasteiger partial charge on any atom is 0.295 e. The highest BCUT2D eigenvalue weighted by atomic mass is 19.1. The quantitative estimate of drug-likeness (QED) is 0.616. The number of halogens is 1. The van der Waals surface area contributed by atoms with E-state index in [2.05, 4.69) is 5.32 Å². The van der Waals surface area contributed by atoms with Crippen LogP contribution in [-0.2, 0) is 0 Å². The van der Waals surface area contributed by atoms with Crippen molar-refractivity contribution in [2.24, 2.45) is 0 Å². The van der Waals surface area contributed by atoms with Gasteiger partial charge in [0.15, 0.2) is 0 Å². The van der Waals surface area contributed by atoms with E-state index in [0.717, 1.165) is 12.5 Å². The molecule has 82 valence electrons. The van der Waals surface area contributed by atoms with Crippen LogP contribution in [0.2, 0.25) is 0 Å². The molecule has 0 aliphatic carbocycles. The third-order valence-electron chi connectivity index (χ3n) is 2.17. The average molecular weight is 212 g/mol. The molecule has 0 radical (unpaired) electrons. The lowest BCUT2D eigenvalue weighted by Crippen LogP contribution is -2.14. The van der Waals surface area contributed by atoms with Gasteiger partial charge in [-0.3, -0.25) is 10.1 Å². The average Bonchev–Trinajstić information content (AvgIpc) is 2.20. The number of hydrogen-bond acceptors (Lipinski definition) is 3. The van der Waals surface area contributed by atoms with Gasteiger partial charge in [0.2, 0.25) is 0 Å². The van der Waals surface area contributed by atoms with Crippen molar-refractivity contribution in [2.75, 3.05) is 5.32 Å². The lowest BCUT2D eigenvalue weighted by atomic mass is 10.2. The fraction of sp³-hybridized carbons (Fsp3) is 0.400. The van der Waals surface area contributed by atoms with Crippen molar-refractivity contribution < 1.29 is 9.31 Å². The Bertz CT molecular complexity index is 368. The predicted molar refractivity (Wildman–Crippen MR) is 56.4 cm³/mol. The molecule has 1 rings (SSSR count). The zero-order valence-electron chi connectivity index (χ0n) is 8.66. The van der Waals surface area contributed by atoms with Crippen molar-refractivity contribution >= 4 is 11.4 Å². The summed E-state index contributed by atoms with van der Waals surface area (Å²) in [6, 6.07) is 3.64. The second kappa shape index (κ2) is 4.72. The molecule has 0 heterocycles. The first-order valence-electron chi connectivity index (χ1n) is 4.75. The highest BCUT2D eigenvalue weighted by Gasteiger charge is 2.15. The van der Waals surface area contributed by atoms with Crippen LogP contribution in [-0.4, -0.2) is 11.0 Å². The van der Waals surface area contributed by atoms with Gasteiger partial charge in [0.05, 0.1) is 11.0 Å². The van der Waals surface area contributed by atoms with Gasteiger partial charge in [-0.1, -0.05) is 6.92 Å². The third-order valence-corrected chi connectivity index (χ3v) is 2.17. The molecule has 0 aliphatic heterocycles. The number of rotatable bonds is 4. The van der Waals surface area contributed by atoms with E-state index >= 15 is 0 Å². The Kier molecular flexibility index (Phi) is 3.60. The van der Waals surface area contributed by atoms with Crippen LogP contribution in [0, 0.1) is 15.9 Å². The summed E-state index contributed by atoms with van der Waals surface area (Å²) in [4.78, 5) is 10.1. The molecule has 1 unspecified atom stereocenters. The Hall–Kier alpha value is -1.65. The summed E-state index contributed by atoms with van der Waals surface area (Å²) in [6.07, 6.45) is 0.842. The number of hydrogen-bond donors (Lipinski definition) is 1. The molecule has 0 amide bonds. The maximum atomic E-state index is 12.8. The van der Waals surface area contributed by atoms with Crippen molar-refractivity contribution in [3.05, 3.63) is 34.1 Å². The molecular weight excluding hydrogens is 199 g/mol. The van der Waals surface area contributed by atoms with Crippen LogP contribution in [0.4, 0.5) is 15.8 Å². The van der Waals surface area contributed by atoms with Crippen LogP contribution in [0.25, 0.3) is 0 Å². The number of nitrogens with one attached hydrogen (secondary N) is 1. The second-order valence-corrected chi connectivity index (χ2v) is 3.37. The molecular formula is C10H13FN2O2. The number of nitrogens with zero attached hydrogens (tertiary/aromatic N) is 1. The molecule has 0 bridgehead atoms. The zero-order chi connectivity index (χ0) is 11.4. The first-order chi connectivity index (χ1) is 7.04.